The first-order valence-corrected chi connectivity index (χ1v) is 24.9. The molecule has 3 heterocycles. The van der Waals surface area contributed by atoms with Crippen molar-refractivity contribution in [2.24, 2.45) is 0 Å². The SMILES string of the molecule is CC1(C)c2ccccc2-c2c1ccc1c2-c2ccccc2C12c1ccccc1N(c1nc(-c3ccccc3)nc(-c3ccccc3)n1)c1cc(-c3ccc4c(c3)c3ccccc3n4-c3ccccc3)ccc12. The third kappa shape index (κ3) is 5.56. The highest BCUT2D eigenvalue weighted by molar-refractivity contribution is 6.11. The van der Waals surface area contributed by atoms with Crippen molar-refractivity contribution in [2.75, 3.05) is 4.90 Å². The van der Waals surface area contributed by atoms with Gasteiger partial charge in [0, 0.05) is 33.0 Å². The Hall–Kier alpha value is -9.19. The summed E-state index contributed by atoms with van der Waals surface area (Å²) in [4.78, 5) is 18.4. The molecule has 338 valence electrons. The number of fused-ring (bicyclic) bond motifs is 16. The van der Waals surface area contributed by atoms with E-state index in [0.717, 1.165) is 39.3 Å². The summed E-state index contributed by atoms with van der Waals surface area (Å²) in [5.74, 6) is 1.79. The zero-order valence-electron chi connectivity index (χ0n) is 39.8. The van der Waals surface area contributed by atoms with E-state index in [0.29, 0.717) is 17.6 Å². The highest BCUT2D eigenvalue weighted by Gasteiger charge is 2.54. The van der Waals surface area contributed by atoms with Crippen molar-refractivity contribution in [2.45, 2.75) is 24.7 Å². The Labute approximate surface area is 418 Å². The number of para-hydroxylation sites is 3. The molecule has 0 fully saturated rings. The molecule has 15 rings (SSSR count). The van der Waals surface area contributed by atoms with E-state index in [1.54, 1.807) is 0 Å². The monoisotopic (exact) mass is 919 g/mol. The first-order chi connectivity index (χ1) is 35.5. The lowest BCUT2D eigenvalue weighted by atomic mass is 9.64. The van der Waals surface area contributed by atoms with Gasteiger partial charge in [-0.25, -0.2) is 4.98 Å². The summed E-state index contributed by atoms with van der Waals surface area (Å²) in [6.45, 7) is 4.76. The fourth-order valence-corrected chi connectivity index (χ4v) is 12.7. The Bertz CT molecular complexity index is 4140. The number of rotatable bonds is 5. The Kier molecular flexibility index (Phi) is 8.56. The van der Waals surface area contributed by atoms with Gasteiger partial charge < -0.3 is 4.57 Å². The van der Waals surface area contributed by atoms with Crippen LogP contribution in [-0.4, -0.2) is 19.5 Å². The smallest absolute Gasteiger partial charge is 0.238 e. The predicted molar refractivity (Wildman–Crippen MR) is 294 cm³/mol. The van der Waals surface area contributed by atoms with Crippen molar-refractivity contribution in [3.8, 4) is 61.8 Å². The van der Waals surface area contributed by atoms with Gasteiger partial charge in [0.05, 0.1) is 27.8 Å². The van der Waals surface area contributed by atoms with Gasteiger partial charge in [0.2, 0.25) is 5.95 Å². The van der Waals surface area contributed by atoms with Crippen LogP contribution in [0.4, 0.5) is 17.3 Å². The number of anilines is 3. The number of nitrogens with zero attached hydrogens (tertiary/aromatic N) is 5. The second kappa shape index (κ2) is 15.2. The lowest BCUT2D eigenvalue weighted by molar-refractivity contribution is 0.659. The Morgan fingerprint density at radius 2 is 0.861 bits per heavy atom. The molecule has 3 aliphatic rings. The van der Waals surface area contributed by atoms with E-state index in [1.165, 1.54) is 77.4 Å². The average Bonchev–Trinajstić information content (AvgIpc) is 4.02. The summed E-state index contributed by atoms with van der Waals surface area (Å²) in [6.07, 6.45) is 0. The maximum atomic E-state index is 5.45. The first-order valence-electron chi connectivity index (χ1n) is 24.9. The Morgan fingerprint density at radius 3 is 1.60 bits per heavy atom. The minimum absolute atomic E-state index is 0.153. The highest BCUT2D eigenvalue weighted by Crippen LogP contribution is 2.66. The van der Waals surface area contributed by atoms with Crippen LogP contribution in [0.25, 0.3) is 83.6 Å². The normalized spacial score (nSPS) is 15.5. The molecule has 10 aromatic carbocycles. The molecule has 72 heavy (non-hydrogen) atoms. The third-order valence-corrected chi connectivity index (χ3v) is 15.9. The topological polar surface area (TPSA) is 46.8 Å². The predicted octanol–water partition coefficient (Wildman–Crippen LogP) is 16.4. The average molecular weight is 920 g/mol. The van der Waals surface area contributed by atoms with Crippen molar-refractivity contribution in [3.05, 3.63) is 270 Å². The van der Waals surface area contributed by atoms with Crippen LogP contribution in [0.5, 0.6) is 0 Å². The zero-order valence-corrected chi connectivity index (χ0v) is 39.8. The lowest BCUT2D eigenvalue weighted by Gasteiger charge is -2.44. The minimum Gasteiger partial charge on any atom is -0.309 e. The third-order valence-electron chi connectivity index (χ3n) is 15.9. The fraction of sp³-hybridized carbons (Fsp3) is 0.0597. The molecular weight excluding hydrogens is 875 g/mol. The van der Waals surface area contributed by atoms with E-state index < -0.39 is 5.41 Å². The summed E-state index contributed by atoms with van der Waals surface area (Å²) < 4.78 is 2.38. The second-order valence-corrected chi connectivity index (χ2v) is 19.9. The molecule has 2 aromatic heterocycles. The first kappa shape index (κ1) is 40.7. The van der Waals surface area contributed by atoms with Crippen molar-refractivity contribution in [1.29, 1.82) is 0 Å². The van der Waals surface area contributed by atoms with Gasteiger partial charge in [-0.3, -0.25) is 4.90 Å². The molecule has 0 radical (unpaired) electrons. The number of hydrogen-bond donors (Lipinski definition) is 0. The van der Waals surface area contributed by atoms with Gasteiger partial charge >= 0.3 is 0 Å². The molecule has 0 N–H and O–H groups in total. The molecule has 1 unspecified atom stereocenters. The van der Waals surface area contributed by atoms with Gasteiger partial charge in [0.1, 0.15) is 0 Å². The van der Waals surface area contributed by atoms with E-state index in [1.807, 2.05) is 36.4 Å². The van der Waals surface area contributed by atoms with Crippen molar-refractivity contribution in [1.82, 2.24) is 19.5 Å². The summed E-state index contributed by atoms with van der Waals surface area (Å²) in [7, 11) is 0. The van der Waals surface area contributed by atoms with Crippen LogP contribution < -0.4 is 4.90 Å². The van der Waals surface area contributed by atoms with Gasteiger partial charge in [0.15, 0.2) is 11.6 Å². The molecule has 0 bridgehead atoms. The van der Waals surface area contributed by atoms with Gasteiger partial charge in [-0.2, -0.15) is 9.97 Å². The Balaban J connectivity index is 1.03. The van der Waals surface area contributed by atoms with E-state index in [9.17, 15) is 0 Å². The molecule has 12 aromatic rings. The molecule has 1 aliphatic heterocycles. The van der Waals surface area contributed by atoms with Crippen LogP contribution in [-0.2, 0) is 10.8 Å². The molecular formula is C67H45N5. The Morgan fingerprint density at radius 1 is 0.347 bits per heavy atom. The molecule has 0 amide bonds. The maximum Gasteiger partial charge on any atom is 0.238 e. The molecule has 5 heteroatoms. The van der Waals surface area contributed by atoms with Crippen LogP contribution in [0.15, 0.2) is 237 Å². The van der Waals surface area contributed by atoms with E-state index in [4.69, 9.17) is 15.0 Å². The number of aromatic nitrogens is 4. The molecule has 0 saturated carbocycles. The molecule has 0 saturated heterocycles. The fourth-order valence-electron chi connectivity index (χ4n) is 12.7. The van der Waals surface area contributed by atoms with Crippen LogP contribution >= 0.6 is 0 Å². The quantitative estimate of drug-likeness (QED) is 0.173. The number of hydrogen-bond acceptors (Lipinski definition) is 4. The molecule has 2 aliphatic carbocycles. The highest BCUT2D eigenvalue weighted by atomic mass is 15.3. The van der Waals surface area contributed by atoms with E-state index >= 15 is 0 Å². The van der Waals surface area contributed by atoms with E-state index in [2.05, 4.69) is 224 Å². The summed E-state index contributed by atoms with van der Waals surface area (Å²) in [6, 6.07) is 86.1. The summed E-state index contributed by atoms with van der Waals surface area (Å²) in [5.41, 5.74) is 21.7. The van der Waals surface area contributed by atoms with Gasteiger partial charge in [-0.05, 0) is 109 Å². The van der Waals surface area contributed by atoms with Gasteiger partial charge in [-0.1, -0.05) is 208 Å². The van der Waals surface area contributed by atoms with Gasteiger partial charge in [-0.15, -0.1) is 0 Å². The van der Waals surface area contributed by atoms with E-state index in [-0.39, 0.29) is 5.41 Å². The van der Waals surface area contributed by atoms with Crippen LogP contribution in [0.2, 0.25) is 0 Å². The van der Waals surface area contributed by atoms with Gasteiger partial charge in [0.25, 0.3) is 0 Å². The lowest BCUT2D eigenvalue weighted by Crippen LogP contribution is -2.36. The summed E-state index contributed by atoms with van der Waals surface area (Å²) >= 11 is 0. The van der Waals surface area contributed by atoms with Crippen LogP contribution in [0.1, 0.15) is 47.2 Å². The van der Waals surface area contributed by atoms with Crippen molar-refractivity contribution >= 4 is 39.1 Å². The zero-order chi connectivity index (χ0) is 47.7. The molecule has 1 spiro atoms. The number of benzene rings is 10. The second-order valence-electron chi connectivity index (χ2n) is 19.9. The summed E-state index contributed by atoms with van der Waals surface area (Å²) in [5, 5.41) is 2.42. The van der Waals surface area contributed by atoms with Crippen LogP contribution in [0.3, 0.4) is 0 Å². The maximum absolute atomic E-state index is 5.45. The minimum atomic E-state index is -0.686. The van der Waals surface area contributed by atoms with Crippen LogP contribution in [0, 0.1) is 0 Å². The molecule has 5 nitrogen and oxygen atoms in total. The largest absolute Gasteiger partial charge is 0.309 e. The van der Waals surface area contributed by atoms with Crippen molar-refractivity contribution in [3.63, 3.8) is 0 Å². The molecule has 1 atom stereocenters. The van der Waals surface area contributed by atoms with Crippen molar-refractivity contribution < 1.29 is 0 Å². The standard InChI is InChI=1S/C67H45N5/c1-66(2)51-29-15-12-27-48(51)61-55(66)37-38-56-62(61)49-28-13-16-30-52(49)67(56)53-31-17-19-33-59(53)72(65-69-63(42-20-6-3-7-21-42)68-64(70-65)43-22-8-4-9-23-43)60-41-45(34-36-54(60)67)44-35-39-58-50(40-44)47-26-14-18-32-57(47)71(58)46-24-10-5-11-25-46/h3-41H,1-2H3.